The second kappa shape index (κ2) is 14.3. The molecule has 2 atom stereocenters. The third-order valence-corrected chi connectivity index (χ3v) is 10.7. The number of methoxy groups -OCH3 is 1. The van der Waals surface area contributed by atoms with Gasteiger partial charge in [-0.3, -0.25) is 14.5 Å². The topological polar surface area (TPSA) is 62.3 Å². The number of rotatable bonds is 9. The highest BCUT2D eigenvalue weighted by molar-refractivity contribution is 6.30. The van der Waals surface area contributed by atoms with Crippen molar-refractivity contribution in [1.82, 2.24) is 9.80 Å². The maximum Gasteiger partial charge on any atom is 0.236 e. The lowest BCUT2D eigenvalue weighted by molar-refractivity contribution is -0.135. The SMILES string of the molecule is COc1cc2c(cc1OC(C)C)[C@H](c1ccc(Cl)cc1)C(c1ccc(N(C)C[C@H]3CC[C@H](N4CCN(C)C(=O)C4)CC3)cc1)C(=O)C2. The van der Waals surface area contributed by atoms with Crippen LogP contribution in [0.15, 0.2) is 60.7 Å². The molecular weight excluding hydrogens is 610 g/mol. The van der Waals surface area contributed by atoms with Crippen LogP contribution in [-0.4, -0.2) is 81.0 Å². The van der Waals surface area contributed by atoms with Crippen molar-refractivity contribution in [2.24, 2.45) is 5.92 Å². The van der Waals surface area contributed by atoms with Crippen LogP contribution in [0.2, 0.25) is 5.02 Å². The zero-order valence-corrected chi connectivity index (χ0v) is 29.1. The number of hydrogen-bond acceptors (Lipinski definition) is 6. The van der Waals surface area contributed by atoms with E-state index in [0.29, 0.717) is 41.4 Å². The van der Waals surface area contributed by atoms with E-state index in [-0.39, 0.29) is 29.6 Å². The molecule has 0 bridgehead atoms. The molecule has 1 saturated carbocycles. The van der Waals surface area contributed by atoms with Crippen molar-refractivity contribution in [2.75, 3.05) is 52.3 Å². The molecule has 1 amide bonds. The number of fused-ring (bicyclic) bond motifs is 1. The average molecular weight is 658 g/mol. The minimum Gasteiger partial charge on any atom is -0.493 e. The van der Waals surface area contributed by atoms with Gasteiger partial charge < -0.3 is 19.3 Å². The molecule has 8 heteroatoms. The molecule has 0 radical (unpaired) electrons. The van der Waals surface area contributed by atoms with E-state index < -0.39 is 0 Å². The van der Waals surface area contributed by atoms with Crippen LogP contribution in [0, 0.1) is 5.92 Å². The highest BCUT2D eigenvalue weighted by Crippen LogP contribution is 2.48. The van der Waals surface area contributed by atoms with E-state index >= 15 is 0 Å². The number of carbonyl (C=O) groups excluding carboxylic acids is 2. The number of hydrogen-bond donors (Lipinski definition) is 0. The Bertz CT molecular complexity index is 1570. The smallest absolute Gasteiger partial charge is 0.236 e. The van der Waals surface area contributed by atoms with E-state index in [1.165, 1.54) is 12.8 Å². The quantitative estimate of drug-likeness (QED) is 0.248. The zero-order valence-electron chi connectivity index (χ0n) is 28.4. The lowest BCUT2D eigenvalue weighted by atomic mass is 9.68. The van der Waals surface area contributed by atoms with E-state index in [9.17, 15) is 9.59 Å². The van der Waals surface area contributed by atoms with Crippen LogP contribution in [-0.2, 0) is 16.0 Å². The Morgan fingerprint density at radius 1 is 0.894 bits per heavy atom. The van der Waals surface area contributed by atoms with Crippen molar-refractivity contribution in [3.63, 3.8) is 0 Å². The summed E-state index contributed by atoms with van der Waals surface area (Å²) in [5.74, 6) is 1.88. The first kappa shape index (κ1) is 33.4. The summed E-state index contributed by atoms with van der Waals surface area (Å²) in [4.78, 5) is 32.8. The molecule has 0 N–H and O–H groups in total. The number of anilines is 1. The molecule has 6 rings (SSSR count). The highest BCUT2D eigenvalue weighted by atomic mass is 35.5. The maximum atomic E-state index is 14.0. The van der Waals surface area contributed by atoms with E-state index in [1.54, 1.807) is 7.11 Å². The van der Waals surface area contributed by atoms with E-state index in [4.69, 9.17) is 21.1 Å². The van der Waals surface area contributed by atoms with Gasteiger partial charge in [0.15, 0.2) is 11.5 Å². The number of halogens is 1. The van der Waals surface area contributed by atoms with Crippen LogP contribution in [0.25, 0.3) is 0 Å². The number of carbonyl (C=O) groups is 2. The normalized spacial score (nSPS) is 23.5. The van der Waals surface area contributed by atoms with Gasteiger partial charge in [0.05, 0.1) is 25.7 Å². The van der Waals surface area contributed by atoms with E-state index in [2.05, 4.69) is 47.2 Å². The van der Waals surface area contributed by atoms with Gasteiger partial charge >= 0.3 is 0 Å². The van der Waals surface area contributed by atoms with Crippen LogP contribution < -0.4 is 14.4 Å². The predicted molar refractivity (Wildman–Crippen MR) is 188 cm³/mol. The summed E-state index contributed by atoms with van der Waals surface area (Å²) in [5, 5.41) is 0.668. The lowest BCUT2D eigenvalue weighted by Crippen LogP contribution is -2.53. The highest BCUT2D eigenvalue weighted by Gasteiger charge is 2.39. The van der Waals surface area contributed by atoms with Gasteiger partial charge in [-0.25, -0.2) is 0 Å². The first-order chi connectivity index (χ1) is 22.6. The maximum absolute atomic E-state index is 14.0. The fourth-order valence-corrected chi connectivity index (χ4v) is 7.99. The summed E-state index contributed by atoms with van der Waals surface area (Å²) in [6.45, 7) is 7.38. The Morgan fingerprint density at radius 3 is 2.19 bits per heavy atom. The number of likely N-dealkylation sites (N-methyl/N-ethyl adjacent to an activating group) is 1. The van der Waals surface area contributed by atoms with Crippen molar-refractivity contribution in [2.45, 2.75) is 69.9 Å². The minimum atomic E-state index is -0.333. The van der Waals surface area contributed by atoms with Crippen molar-refractivity contribution in [3.05, 3.63) is 87.9 Å². The van der Waals surface area contributed by atoms with Crippen LogP contribution in [0.5, 0.6) is 11.5 Å². The van der Waals surface area contributed by atoms with Crippen molar-refractivity contribution < 1.29 is 19.1 Å². The predicted octanol–water partition coefficient (Wildman–Crippen LogP) is 6.95. The van der Waals surface area contributed by atoms with Crippen molar-refractivity contribution in [1.29, 1.82) is 0 Å². The third kappa shape index (κ3) is 7.31. The molecule has 1 unspecified atom stereocenters. The molecule has 1 aliphatic heterocycles. The van der Waals surface area contributed by atoms with E-state index in [1.807, 2.05) is 56.1 Å². The Labute approximate surface area is 284 Å². The Morgan fingerprint density at radius 2 is 1.55 bits per heavy atom. The van der Waals surface area contributed by atoms with Crippen LogP contribution >= 0.6 is 11.6 Å². The van der Waals surface area contributed by atoms with Gasteiger partial charge in [0.1, 0.15) is 5.78 Å². The molecule has 47 heavy (non-hydrogen) atoms. The fraction of sp³-hybridized carbons (Fsp3) is 0.487. The van der Waals surface area contributed by atoms with Crippen LogP contribution in [0.3, 0.4) is 0 Å². The largest absolute Gasteiger partial charge is 0.493 e. The Balaban J connectivity index is 1.19. The molecule has 7 nitrogen and oxygen atoms in total. The molecule has 1 heterocycles. The molecule has 3 aliphatic rings. The summed E-state index contributed by atoms with van der Waals surface area (Å²) in [6, 6.07) is 21.1. The molecule has 3 aromatic rings. The molecule has 0 spiro atoms. The fourth-order valence-electron chi connectivity index (χ4n) is 7.86. The van der Waals surface area contributed by atoms with E-state index in [0.717, 1.165) is 60.4 Å². The van der Waals surface area contributed by atoms with Gasteiger partial charge in [-0.2, -0.15) is 0 Å². The first-order valence-corrected chi connectivity index (χ1v) is 17.4. The van der Waals surface area contributed by atoms with Gasteiger partial charge in [0.25, 0.3) is 0 Å². The summed E-state index contributed by atoms with van der Waals surface area (Å²) < 4.78 is 11.8. The Hall–Kier alpha value is -3.55. The van der Waals surface area contributed by atoms with Gasteiger partial charge in [-0.05, 0) is 104 Å². The average Bonchev–Trinajstić information content (AvgIpc) is 3.06. The zero-order chi connectivity index (χ0) is 33.2. The number of amides is 1. The summed E-state index contributed by atoms with van der Waals surface area (Å²) in [7, 11) is 5.71. The summed E-state index contributed by atoms with van der Waals surface area (Å²) in [5.41, 5.74) is 5.29. The second-order valence-corrected chi connectivity index (χ2v) is 14.4. The molecule has 250 valence electrons. The number of piperazine rings is 1. The summed E-state index contributed by atoms with van der Waals surface area (Å²) >= 11 is 6.30. The van der Waals surface area contributed by atoms with Crippen LogP contribution in [0.4, 0.5) is 5.69 Å². The van der Waals surface area contributed by atoms with Gasteiger partial charge in [0.2, 0.25) is 5.91 Å². The minimum absolute atomic E-state index is 0.0147. The molecule has 2 aliphatic carbocycles. The van der Waals surface area contributed by atoms with Gasteiger partial charge in [0, 0.05) is 62.8 Å². The van der Waals surface area contributed by atoms with Crippen molar-refractivity contribution >= 4 is 29.0 Å². The molecule has 1 saturated heterocycles. The number of benzene rings is 3. The number of nitrogens with zero attached hydrogens (tertiary/aromatic N) is 3. The molecule has 2 fully saturated rings. The number of ether oxygens (including phenoxy) is 2. The van der Waals surface area contributed by atoms with Gasteiger partial charge in [-0.15, -0.1) is 0 Å². The van der Waals surface area contributed by atoms with Gasteiger partial charge in [-0.1, -0.05) is 35.9 Å². The standard InChI is InChI=1S/C39H48ClN3O4/c1-25(2)47-36-22-33-29(21-35(36)46-5)20-34(44)39(38(33)27-8-12-30(40)13-9-27)28-10-16-31(17-11-28)42(4)23-26-6-14-32(15-7-26)43-19-18-41(3)37(45)24-43/h8-13,16-17,21-22,25-26,32,38-39H,6-7,14-15,18-20,23-24H2,1-5H3/t26-,32-,38-,39?/m0/s1. The second-order valence-electron chi connectivity index (χ2n) is 14.0. The third-order valence-electron chi connectivity index (χ3n) is 10.4. The van der Waals surface area contributed by atoms with Crippen molar-refractivity contribution in [3.8, 4) is 11.5 Å². The van der Waals surface area contributed by atoms with Crippen LogP contribution in [0.1, 0.15) is 73.6 Å². The Kier molecular flexibility index (Phi) is 10.1. The monoisotopic (exact) mass is 657 g/mol. The molecular formula is C39H48ClN3O4. The number of ketones is 1. The first-order valence-electron chi connectivity index (χ1n) is 17.1. The number of Topliss-reactive ketones (excluding diaryl/α,β-unsaturated/α-hetero) is 1. The summed E-state index contributed by atoms with van der Waals surface area (Å²) in [6.07, 6.45) is 5.00. The lowest BCUT2D eigenvalue weighted by Gasteiger charge is -2.41. The molecule has 3 aromatic carbocycles. The molecule has 0 aromatic heterocycles.